The van der Waals surface area contributed by atoms with Crippen molar-refractivity contribution in [1.82, 2.24) is 30.2 Å². The van der Waals surface area contributed by atoms with Gasteiger partial charge in [0.15, 0.2) is 5.82 Å². The molecule has 9 heteroatoms. The smallest absolute Gasteiger partial charge is 0.338 e. The van der Waals surface area contributed by atoms with E-state index in [1.54, 1.807) is 12.4 Å². The fraction of sp³-hybridized carbons (Fsp3) is 0.400. The molecule has 1 fully saturated rings. The SMILES string of the molecule is Cc1cc(-n2ncc(CN3C[C@@H](c4ccc5c(c4C)COC5=O)NC(C)(C)C3)n2)ncc1C#N. The molecule has 2 aliphatic rings. The maximum atomic E-state index is 11.9. The van der Waals surface area contributed by atoms with Gasteiger partial charge >= 0.3 is 5.97 Å². The van der Waals surface area contributed by atoms with Crippen molar-refractivity contribution in [2.75, 3.05) is 13.1 Å². The minimum absolute atomic E-state index is 0.109. The van der Waals surface area contributed by atoms with Crippen LogP contribution in [0.4, 0.5) is 0 Å². The summed E-state index contributed by atoms with van der Waals surface area (Å²) in [5, 5.41) is 21.9. The van der Waals surface area contributed by atoms with Crippen molar-refractivity contribution >= 4 is 5.97 Å². The minimum Gasteiger partial charge on any atom is -0.457 e. The fourth-order valence-corrected chi connectivity index (χ4v) is 4.96. The number of carbonyl (C=O) groups excluding carboxylic acids is 1. The van der Waals surface area contributed by atoms with Crippen LogP contribution < -0.4 is 5.32 Å². The normalized spacial score (nSPS) is 19.5. The Morgan fingerprint density at radius 3 is 2.88 bits per heavy atom. The molecule has 4 heterocycles. The zero-order valence-electron chi connectivity index (χ0n) is 19.8. The van der Waals surface area contributed by atoms with E-state index in [4.69, 9.17) is 10.00 Å². The molecule has 34 heavy (non-hydrogen) atoms. The third-order valence-electron chi connectivity index (χ3n) is 6.55. The summed E-state index contributed by atoms with van der Waals surface area (Å²) >= 11 is 0. The van der Waals surface area contributed by atoms with Crippen LogP contribution in [-0.4, -0.2) is 49.5 Å². The van der Waals surface area contributed by atoms with Gasteiger partial charge in [-0.1, -0.05) is 6.07 Å². The number of carbonyl (C=O) groups is 1. The van der Waals surface area contributed by atoms with Gasteiger partial charge < -0.3 is 10.1 Å². The summed E-state index contributed by atoms with van der Waals surface area (Å²) in [7, 11) is 0. The molecule has 0 spiro atoms. The van der Waals surface area contributed by atoms with Crippen LogP contribution >= 0.6 is 0 Å². The Labute approximate surface area is 198 Å². The van der Waals surface area contributed by atoms with Crippen LogP contribution in [0.2, 0.25) is 0 Å². The number of hydrogen-bond acceptors (Lipinski definition) is 8. The zero-order chi connectivity index (χ0) is 24.0. The van der Waals surface area contributed by atoms with E-state index < -0.39 is 0 Å². The second kappa shape index (κ2) is 8.31. The van der Waals surface area contributed by atoms with Crippen LogP contribution in [0.3, 0.4) is 0 Å². The highest BCUT2D eigenvalue weighted by atomic mass is 16.5. The van der Waals surface area contributed by atoms with Gasteiger partial charge in [0.1, 0.15) is 12.7 Å². The van der Waals surface area contributed by atoms with Crippen LogP contribution in [0.15, 0.2) is 30.6 Å². The van der Waals surface area contributed by atoms with Gasteiger partial charge in [-0.05, 0) is 56.5 Å². The van der Waals surface area contributed by atoms with Crippen molar-refractivity contribution < 1.29 is 9.53 Å². The highest BCUT2D eigenvalue weighted by molar-refractivity contribution is 5.94. The van der Waals surface area contributed by atoms with Gasteiger partial charge in [0, 0.05) is 43.0 Å². The Morgan fingerprint density at radius 1 is 1.29 bits per heavy atom. The van der Waals surface area contributed by atoms with Crippen LogP contribution in [0.1, 0.15) is 63.8 Å². The lowest BCUT2D eigenvalue weighted by atomic mass is 9.89. The summed E-state index contributed by atoms with van der Waals surface area (Å²) in [6, 6.07) is 8.00. The molecule has 1 saturated heterocycles. The lowest BCUT2D eigenvalue weighted by Gasteiger charge is -2.44. The maximum Gasteiger partial charge on any atom is 0.338 e. The first-order valence-electron chi connectivity index (χ1n) is 11.3. The van der Waals surface area contributed by atoms with Gasteiger partial charge in [-0.3, -0.25) is 4.90 Å². The first-order chi connectivity index (χ1) is 16.2. The molecule has 2 aromatic heterocycles. The van der Waals surface area contributed by atoms with E-state index in [2.05, 4.69) is 52.2 Å². The minimum atomic E-state index is -0.238. The first kappa shape index (κ1) is 22.2. The molecule has 2 aliphatic heterocycles. The number of aromatic nitrogens is 4. The molecule has 0 unspecified atom stereocenters. The highest BCUT2D eigenvalue weighted by Gasteiger charge is 2.35. The van der Waals surface area contributed by atoms with Crippen molar-refractivity contribution in [2.45, 2.75) is 52.4 Å². The topological polar surface area (TPSA) is 109 Å². The van der Waals surface area contributed by atoms with Crippen LogP contribution in [0.5, 0.6) is 0 Å². The number of pyridine rings is 1. The molecule has 0 aliphatic carbocycles. The number of piperazine rings is 1. The number of cyclic esters (lactones) is 1. The van der Waals surface area contributed by atoms with Crippen molar-refractivity contribution in [3.05, 3.63) is 69.7 Å². The third-order valence-corrected chi connectivity index (χ3v) is 6.55. The van der Waals surface area contributed by atoms with Crippen molar-refractivity contribution in [1.29, 1.82) is 5.26 Å². The van der Waals surface area contributed by atoms with E-state index in [0.717, 1.165) is 35.5 Å². The van der Waals surface area contributed by atoms with Gasteiger partial charge in [-0.25, -0.2) is 9.78 Å². The molecular formula is C25H27N7O2. The molecule has 1 aromatic carbocycles. The molecule has 5 rings (SSSR count). The number of nitrogens with zero attached hydrogens (tertiary/aromatic N) is 6. The van der Waals surface area contributed by atoms with Crippen molar-refractivity contribution in [2.24, 2.45) is 0 Å². The number of nitrogens with one attached hydrogen (secondary N) is 1. The van der Waals surface area contributed by atoms with E-state index >= 15 is 0 Å². The molecule has 1 N–H and O–H groups in total. The predicted molar refractivity (Wildman–Crippen MR) is 124 cm³/mol. The lowest BCUT2D eigenvalue weighted by Crippen LogP contribution is -2.58. The molecule has 1 atom stereocenters. The van der Waals surface area contributed by atoms with Crippen molar-refractivity contribution in [3.8, 4) is 11.9 Å². The summed E-state index contributed by atoms with van der Waals surface area (Å²) in [5.74, 6) is 0.352. The standard InChI is InChI=1S/C25H27N7O2/c1-15-7-23(27-9-17(15)8-26)32-28-10-18(30-32)11-31-12-22(29-25(3,4)14-31)19-5-6-20-21(16(19)2)13-34-24(20)33/h5-7,9-10,22,29H,11-14H2,1-4H3/t22-/m0/s1. The molecule has 0 bridgehead atoms. The van der Waals surface area contributed by atoms with E-state index in [9.17, 15) is 4.79 Å². The van der Waals surface area contributed by atoms with Gasteiger partial charge in [-0.2, -0.15) is 15.5 Å². The summed E-state index contributed by atoms with van der Waals surface area (Å²) < 4.78 is 5.24. The maximum absolute atomic E-state index is 11.9. The molecule has 3 aromatic rings. The molecule has 0 amide bonds. The average molecular weight is 458 g/mol. The average Bonchev–Trinajstić information content (AvgIpc) is 3.40. The number of aryl methyl sites for hydroxylation is 1. The molecule has 0 radical (unpaired) electrons. The van der Waals surface area contributed by atoms with Crippen molar-refractivity contribution in [3.63, 3.8) is 0 Å². The van der Waals surface area contributed by atoms with E-state index in [1.165, 1.54) is 10.4 Å². The highest BCUT2D eigenvalue weighted by Crippen LogP contribution is 2.32. The summed E-state index contributed by atoms with van der Waals surface area (Å²) in [4.78, 5) is 20.1. The Bertz CT molecular complexity index is 1320. The Balaban J connectivity index is 1.36. The van der Waals surface area contributed by atoms with Crippen LogP contribution in [0, 0.1) is 25.2 Å². The van der Waals surface area contributed by atoms with Crippen LogP contribution in [-0.2, 0) is 17.9 Å². The van der Waals surface area contributed by atoms with Gasteiger partial charge in [-0.15, -0.1) is 4.80 Å². The molecule has 9 nitrogen and oxygen atoms in total. The molecule has 0 saturated carbocycles. The number of rotatable bonds is 4. The predicted octanol–water partition coefficient (Wildman–Crippen LogP) is 2.75. The quantitative estimate of drug-likeness (QED) is 0.596. The Hall–Kier alpha value is -3.61. The Kier molecular flexibility index (Phi) is 5.42. The third kappa shape index (κ3) is 4.06. The summed E-state index contributed by atoms with van der Waals surface area (Å²) in [6.45, 7) is 11.0. The first-order valence-corrected chi connectivity index (χ1v) is 11.3. The summed E-state index contributed by atoms with van der Waals surface area (Å²) in [5.41, 5.74) is 6.11. The molecular weight excluding hydrogens is 430 g/mol. The monoisotopic (exact) mass is 457 g/mol. The number of ether oxygens (including phenoxy) is 1. The second-order valence-electron chi connectivity index (χ2n) is 9.73. The lowest BCUT2D eigenvalue weighted by molar-refractivity contribution is 0.0535. The largest absolute Gasteiger partial charge is 0.457 e. The van der Waals surface area contributed by atoms with E-state index in [-0.39, 0.29) is 17.6 Å². The van der Waals surface area contributed by atoms with Gasteiger partial charge in [0.25, 0.3) is 0 Å². The number of nitriles is 1. The number of fused-ring (bicyclic) bond motifs is 1. The van der Waals surface area contributed by atoms with Gasteiger partial charge in [0.05, 0.1) is 23.0 Å². The fourth-order valence-electron chi connectivity index (χ4n) is 4.96. The number of esters is 1. The summed E-state index contributed by atoms with van der Waals surface area (Å²) in [6.07, 6.45) is 3.32. The Morgan fingerprint density at radius 2 is 2.12 bits per heavy atom. The number of hydrogen-bond donors (Lipinski definition) is 1. The zero-order valence-corrected chi connectivity index (χ0v) is 19.8. The second-order valence-corrected chi connectivity index (χ2v) is 9.73. The van der Waals surface area contributed by atoms with Gasteiger partial charge in [0.2, 0.25) is 0 Å². The van der Waals surface area contributed by atoms with E-state index in [0.29, 0.717) is 30.1 Å². The van der Waals surface area contributed by atoms with E-state index in [1.807, 2.05) is 25.1 Å². The molecule has 174 valence electrons. The number of benzene rings is 1. The van der Waals surface area contributed by atoms with Crippen LogP contribution in [0.25, 0.3) is 5.82 Å².